The molecule has 15 heteroatoms. The van der Waals surface area contributed by atoms with Crippen molar-refractivity contribution in [2.75, 3.05) is 0 Å². The van der Waals surface area contributed by atoms with Crippen LogP contribution in [0.1, 0.15) is 82.7 Å². The molecule has 600 valence electrons. The highest BCUT2D eigenvalue weighted by molar-refractivity contribution is 6.13. The summed E-state index contributed by atoms with van der Waals surface area (Å²) in [6.07, 6.45) is 1.69. The molecule has 0 spiro atoms. The van der Waals surface area contributed by atoms with E-state index in [2.05, 4.69) is 23.6 Å². The third kappa shape index (κ3) is 21.9. The van der Waals surface area contributed by atoms with E-state index in [9.17, 15) is 0 Å². The molecular weight excluding hydrogens is 1510 g/mol. The quantitative estimate of drug-likeness (QED) is 0.0221. The van der Waals surface area contributed by atoms with E-state index in [0.29, 0.717) is 68.4 Å². The van der Waals surface area contributed by atoms with Gasteiger partial charge in [0.1, 0.15) is 79.3 Å². The maximum Gasteiger partial charge on any atom is 0.271 e. The lowest BCUT2D eigenvalue weighted by Crippen LogP contribution is -2.18. The van der Waals surface area contributed by atoms with E-state index >= 15 is 4.79 Å². The predicted octanol–water partition coefficient (Wildman–Crippen LogP) is 23.7. The molecule has 0 heterocycles. The lowest BCUT2D eigenvalue weighted by molar-refractivity contribution is 0.0953. The number of nitrogens with zero attached hydrogens (tertiary/aromatic N) is 1. The molecule has 16 aromatic rings. The standard InChI is InChI=1S/C106H88N2O13/c109-106(108-107-63-93-91-52-30-28-50-88(91)60-89-51-29-31-53-92(89)93)90-61-100(116-73-85-54-94(110-64-76-32-10-1-11-33-76)102(118-70-82-44-22-7-23-45-82)95(55-85)111-65-77-34-12-2-13-35-77)105(121-75-87-58-98(114-68-80-40-18-5-19-41-80)104(120-72-84-48-26-9-27-49-84)99(59-87)115-69-81-42-20-6-21-43-81)101(62-90)117-74-86-56-96(112-66-78-36-14-3-15-37-78)103(119-71-83-46-24-8-25-47-83)97(57-86)113-67-79-38-16-4-17-39-79/h1-63H,64-75H2,(H,108,109)/b107-63-. The molecule has 0 saturated heterocycles. The van der Waals surface area contributed by atoms with Crippen molar-refractivity contribution in [3.63, 3.8) is 0 Å². The highest BCUT2D eigenvalue weighted by Gasteiger charge is 2.26. The van der Waals surface area contributed by atoms with Crippen molar-refractivity contribution in [1.29, 1.82) is 0 Å². The second-order valence-corrected chi connectivity index (χ2v) is 28.8. The fourth-order valence-corrected chi connectivity index (χ4v) is 13.8. The van der Waals surface area contributed by atoms with Crippen LogP contribution in [-0.2, 0) is 79.3 Å². The Morgan fingerprint density at radius 1 is 0.215 bits per heavy atom. The van der Waals surface area contributed by atoms with Gasteiger partial charge >= 0.3 is 0 Å². The molecule has 0 saturated carbocycles. The van der Waals surface area contributed by atoms with E-state index in [-0.39, 0.29) is 102 Å². The molecule has 0 aliphatic carbocycles. The highest BCUT2D eigenvalue weighted by atomic mass is 16.6. The van der Waals surface area contributed by atoms with Crippen LogP contribution in [0.3, 0.4) is 0 Å². The monoisotopic (exact) mass is 1600 g/mol. The van der Waals surface area contributed by atoms with Crippen LogP contribution in [0, 0.1) is 0 Å². The van der Waals surface area contributed by atoms with E-state index in [1.807, 2.05) is 346 Å². The summed E-state index contributed by atoms with van der Waals surface area (Å²) < 4.78 is 83.2. The number of rotatable bonds is 39. The Morgan fingerprint density at radius 3 is 0.645 bits per heavy atom. The van der Waals surface area contributed by atoms with Crippen LogP contribution in [0.5, 0.6) is 69.0 Å². The third-order valence-corrected chi connectivity index (χ3v) is 20.0. The van der Waals surface area contributed by atoms with Crippen molar-refractivity contribution in [1.82, 2.24) is 5.43 Å². The summed E-state index contributed by atoms with van der Waals surface area (Å²) >= 11 is 0. The smallest absolute Gasteiger partial charge is 0.271 e. The Balaban J connectivity index is 0.840. The number of carbonyl (C=O) groups is 1. The molecule has 1 amide bonds. The van der Waals surface area contributed by atoms with Gasteiger partial charge in [-0.1, -0.05) is 322 Å². The summed E-state index contributed by atoms with van der Waals surface area (Å²) in [5, 5.41) is 8.68. The first-order valence-corrected chi connectivity index (χ1v) is 40.2. The minimum atomic E-state index is -0.588. The number of benzene rings is 16. The van der Waals surface area contributed by atoms with Gasteiger partial charge in [-0.25, -0.2) is 5.43 Å². The van der Waals surface area contributed by atoms with Crippen LogP contribution in [0.25, 0.3) is 21.5 Å². The van der Waals surface area contributed by atoms with Crippen molar-refractivity contribution >= 4 is 33.7 Å². The summed E-state index contributed by atoms with van der Waals surface area (Å²) in [6, 6.07) is 122. The molecule has 0 radical (unpaired) electrons. The van der Waals surface area contributed by atoms with Crippen molar-refractivity contribution in [2.45, 2.75) is 79.3 Å². The average molecular weight is 1600 g/mol. The van der Waals surface area contributed by atoms with Gasteiger partial charge in [-0.3, -0.25) is 4.79 Å². The van der Waals surface area contributed by atoms with Crippen LogP contribution >= 0.6 is 0 Å². The Bertz CT molecular complexity index is 5620. The summed E-state index contributed by atoms with van der Waals surface area (Å²) in [7, 11) is 0. The van der Waals surface area contributed by atoms with Crippen molar-refractivity contribution in [3.05, 3.63) is 454 Å². The molecule has 16 aromatic carbocycles. The fourth-order valence-electron chi connectivity index (χ4n) is 13.8. The number of hydrogen-bond donors (Lipinski definition) is 1. The molecule has 0 unspecified atom stereocenters. The Morgan fingerprint density at radius 2 is 0.405 bits per heavy atom. The molecule has 0 aliphatic rings. The molecule has 16 rings (SSSR count). The lowest BCUT2D eigenvalue weighted by atomic mass is 9.97. The predicted molar refractivity (Wildman–Crippen MR) is 472 cm³/mol. The third-order valence-electron chi connectivity index (χ3n) is 20.0. The van der Waals surface area contributed by atoms with Gasteiger partial charge in [-0.2, -0.15) is 5.10 Å². The van der Waals surface area contributed by atoms with Crippen LogP contribution in [0.4, 0.5) is 0 Å². The normalized spacial score (nSPS) is 11.0. The average Bonchev–Trinajstić information content (AvgIpc) is 0.768. The molecule has 121 heavy (non-hydrogen) atoms. The molecular formula is C106H88N2O13. The first kappa shape index (κ1) is 79.6. The van der Waals surface area contributed by atoms with Crippen molar-refractivity contribution in [2.24, 2.45) is 5.10 Å². The first-order chi connectivity index (χ1) is 59.9. The van der Waals surface area contributed by atoms with Gasteiger partial charge in [0, 0.05) is 11.1 Å². The van der Waals surface area contributed by atoms with Crippen molar-refractivity contribution in [3.8, 4) is 69.0 Å². The first-order valence-electron chi connectivity index (χ1n) is 40.2. The number of ether oxygens (including phenoxy) is 12. The van der Waals surface area contributed by atoms with Crippen LogP contribution in [-0.4, -0.2) is 12.1 Å². The number of fused-ring (bicyclic) bond motifs is 2. The topological polar surface area (TPSA) is 152 Å². The molecule has 0 aromatic heterocycles. The van der Waals surface area contributed by atoms with Gasteiger partial charge in [0.2, 0.25) is 23.0 Å². The summed E-state index contributed by atoms with van der Waals surface area (Å²) in [5.74, 6) is 3.34. The minimum absolute atomic E-state index is 0.109. The van der Waals surface area contributed by atoms with Crippen molar-refractivity contribution < 1.29 is 61.6 Å². The van der Waals surface area contributed by atoms with Gasteiger partial charge in [0.05, 0.1) is 6.21 Å². The molecule has 0 aliphatic heterocycles. The Hall–Kier alpha value is -15.2. The molecule has 1 N–H and O–H groups in total. The second kappa shape index (κ2) is 40.6. The summed E-state index contributed by atoms with van der Waals surface area (Å²) in [4.78, 5) is 15.5. The molecule has 0 fully saturated rings. The van der Waals surface area contributed by atoms with Gasteiger partial charge < -0.3 is 56.8 Å². The Kier molecular flexibility index (Phi) is 26.7. The largest absolute Gasteiger partial charge is 0.485 e. The number of carbonyl (C=O) groups excluding carboxylic acids is 1. The number of amides is 1. The van der Waals surface area contributed by atoms with E-state index in [1.54, 1.807) is 18.3 Å². The molecule has 0 atom stereocenters. The Labute approximate surface area is 704 Å². The molecule has 15 nitrogen and oxygen atoms in total. The zero-order chi connectivity index (χ0) is 81.8. The minimum Gasteiger partial charge on any atom is -0.485 e. The summed E-state index contributed by atoms with van der Waals surface area (Å²) in [6.45, 7) is 1.38. The maximum atomic E-state index is 15.5. The fraction of sp³-hybridized carbons (Fsp3) is 0.113. The zero-order valence-corrected chi connectivity index (χ0v) is 66.6. The lowest BCUT2D eigenvalue weighted by Gasteiger charge is -2.22. The van der Waals surface area contributed by atoms with E-state index in [1.165, 1.54) is 0 Å². The zero-order valence-electron chi connectivity index (χ0n) is 66.6. The molecule has 0 bridgehead atoms. The number of hydrogen-bond acceptors (Lipinski definition) is 14. The highest BCUT2D eigenvalue weighted by Crippen LogP contribution is 2.47. The maximum absolute atomic E-state index is 15.5. The van der Waals surface area contributed by atoms with Crippen LogP contribution in [0.2, 0.25) is 0 Å². The van der Waals surface area contributed by atoms with Crippen LogP contribution < -0.4 is 62.3 Å². The van der Waals surface area contributed by atoms with Gasteiger partial charge in [-0.15, -0.1) is 0 Å². The SMILES string of the molecule is O=C(N/N=C\c1c2ccccc2cc2ccccc12)c1cc(OCc2cc(OCc3ccccc3)c(OCc3ccccc3)c(OCc3ccccc3)c2)c(OCc2cc(OCc3ccccc3)c(OCc3ccccc3)c(OCc3ccccc3)c2)c(OCc2cc(OCc3ccccc3)c(OCc3ccccc3)c(OCc3ccccc3)c2)c1. The summed E-state index contributed by atoms with van der Waals surface area (Å²) in [5.41, 5.74) is 14.1. The number of nitrogens with one attached hydrogen (secondary N) is 1. The van der Waals surface area contributed by atoms with Crippen LogP contribution in [0.15, 0.2) is 381 Å². The number of hydrazone groups is 1. The van der Waals surface area contributed by atoms with E-state index in [4.69, 9.17) is 61.9 Å². The van der Waals surface area contributed by atoms with Gasteiger partial charge in [-0.05, 0) is 143 Å². The van der Waals surface area contributed by atoms with E-state index in [0.717, 1.165) is 77.2 Å². The van der Waals surface area contributed by atoms with Gasteiger partial charge in [0.15, 0.2) is 46.0 Å². The van der Waals surface area contributed by atoms with E-state index < -0.39 is 5.91 Å². The van der Waals surface area contributed by atoms with Gasteiger partial charge in [0.25, 0.3) is 5.91 Å². The second-order valence-electron chi connectivity index (χ2n) is 28.8.